The molecule has 116 valence electrons. The Labute approximate surface area is 131 Å². The maximum absolute atomic E-state index is 12.1. The number of nitrogens with one attached hydrogen (secondary N) is 2. The van der Waals surface area contributed by atoms with E-state index in [1.165, 1.54) is 0 Å². The van der Waals surface area contributed by atoms with E-state index in [0.717, 1.165) is 11.1 Å². The summed E-state index contributed by atoms with van der Waals surface area (Å²) in [5, 5.41) is 6.10. The summed E-state index contributed by atoms with van der Waals surface area (Å²) in [7, 11) is 1.59. The maximum Gasteiger partial charge on any atom is 0.238 e. The highest BCUT2D eigenvalue weighted by Gasteiger charge is 2.10. The summed E-state index contributed by atoms with van der Waals surface area (Å²) in [5.41, 5.74) is 2.92. The SMILES string of the molecule is COc1ccc(C)cc1NC(=O)CN[C@H](C)c1ccccc1. The Morgan fingerprint density at radius 1 is 1.18 bits per heavy atom. The van der Waals surface area contributed by atoms with Crippen LogP contribution in [0.5, 0.6) is 5.75 Å². The third-order valence-corrected chi connectivity index (χ3v) is 3.50. The summed E-state index contributed by atoms with van der Waals surface area (Å²) in [6.07, 6.45) is 0. The maximum atomic E-state index is 12.1. The highest BCUT2D eigenvalue weighted by Crippen LogP contribution is 2.25. The first-order valence-electron chi connectivity index (χ1n) is 7.33. The standard InChI is InChI=1S/C18H22N2O2/c1-13-9-10-17(22-3)16(11-13)20-18(21)12-19-14(2)15-7-5-4-6-8-15/h4-11,14,19H,12H2,1-3H3,(H,20,21)/t14-/m1/s1. The fraction of sp³-hybridized carbons (Fsp3) is 0.278. The number of hydrogen-bond acceptors (Lipinski definition) is 3. The Bertz CT molecular complexity index is 626. The quantitative estimate of drug-likeness (QED) is 0.860. The molecule has 0 aliphatic rings. The number of amides is 1. The first-order valence-corrected chi connectivity index (χ1v) is 7.33. The number of aryl methyl sites for hydroxylation is 1. The summed E-state index contributed by atoms with van der Waals surface area (Å²) >= 11 is 0. The smallest absolute Gasteiger partial charge is 0.238 e. The molecule has 0 saturated carbocycles. The molecule has 0 spiro atoms. The Balaban J connectivity index is 1.92. The van der Waals surface area contributed by atoms with Crippen molar-refractivity contribution in [1.82, 2.24) is 5.32 Å². The molecule has 1 atom stereocenters. The molecule has 2 rings (SSSR count). The van der Waals surface area contributed by atoms with Gasteiger partial charge in [-0.1, -0.05) is 36.4 Å². The average molecular weight is 298 g/mol. The molecule has 0 radical (unpaired) electrons. The van der Waals surface area contributed by atoms with Gasteiger partial charge in [0.15, 0.2) is 0 Å². The Kier molecular flexibility index (Phi) is 5.55. The number of benzene rings is 2. The first kappa shape index (κ1) is 16.0. The topological polar surface area (TPSA) is 50.4 Å². The number of anilines is 1. The van der Waals surface area contributed by atoms with Crippen LogP contribution >= 0.6 is 0 Å². The Morgan fingerprint density at radius 2 is 1.91 bits per heavy atom. The normalized spacial score (nSPS) is 11.8. The van der Waals surface area contributed by atoms with E-state index in [2.05, 4.69) is 10.6 Å². The second-order valence-electron chi connectivity index (χ2n) is 5.27. The van der Waals surface area contributed by atoms with E-state index >= 15 is 0 Å². The summed E-state index contributed by atoms with van der Waals surface area (Å²) in [6, 6.07) is 15.9. The van der Waals surface area contributed by atoms with Gasteiger partial charge in [0.05, 0.1) is 19.3 Å². The molecule has 0 fully saturated rings. The molecule has 0 aliphatic heterocycles. The van der Waals surface area contributed by atoms with Crippen LogP contribution in [0.3, 0.4) is 0 Å². The van der Waals surface area contributed by atoms with Crippen molar-refractivity contribution in [3.05, 3.63) is 59.7 Å². The minimum absolute atomic E-state index is 0.0910. The third kappa shape index (κ3) is 4.33. The molecule has 4 heteroatoms. The van der Waals surface area contributed by atoms with Crippen molar-refractivity contribution in [1.29, 1.82) is 0 Å². The summed E-state index contributed by atoms with van der Waals surface area (Å²) in [5.74, 6) is 0.571. The predicted molar refractivity (Wildman–Crippen MR) is 89.2 cm³/mol. The lowest BCUT2D eigenvalue weighted by Gasteiger charge is -2.15. The van der Waals surface area contributed by atoms with Crippen LogP contribution < -0.4 is 15.4 Å². The van der Waals surface area contributed by atoms with E-state index in [0.29, 0.717) is 11.4 Å². The first-order chi connectivity index (χ1) is 10.6. The van der Waals surface area contributed by atoms with Crippen LogP contribution in [0.1, 0.15) is 24.1 Å². The number of rotatable bonds is 6. The van der Waals surface area contributed by atoms with E-state index in [-0.39, 0.29) is 18.5 Å². The molecular weight excluding hydrogens is 276 g/mol. The molecule has 22 heavy (non-hydrogen) atoms. The number of carbonyl (C=O) groups is 1. The van der Waals surface area contributed by atoms with Gasteiger partial charge in [0, 0.05) is 6.04 Å². The van der Waals surface area contributed by atoms with Crippen molar-refractivity contribution in [3.63, 3.8) is 0 Å². The van der Waals surface area contributed by atoms with Gasteiger partial charge in [0.2, 0.25) is 5.91 Å². The van der Waals surface area contributed by atoms with Crippen LogP contribution in [0.25, 0.3) is 0 Å². The molecule has 0 bridgehead atoms. The van der Waals surface area contributed by atoms with Crippen molar-refractivity contribution >= 4 is 11.6 Å². The van der Waals surface area contributed by atoms with Crippen molar-refractivity contribution in [2.75, 3.05) is 19.0 Å². The van der Waals surface area contributed by atoms with Gasteiger partial charge in [0.1, 0.15) is 5.75 Å². The van der Waals surface area contributed by atoms with Crippen molar-refractivity contribution in [2.45, 2.75) is 19.9 Å². The minimum atomic E-state index is -0.0910. The molecule has 2 aromatic rings. The monoisotopic (exact) mass is 298 g/mol. The number of methoxy groups -OCH3 is 1. The molecule has 4 nitrogen and oxygen atoms in total. The van der Waals surface area contributed by atoms with Gasteiger partial charge in [-0.2, -0.15) is 0 Å². The van der Waals surface area contributed by atoms with E-state index in [9.17, 15) is 4.79 Å². The van der Waals surface area contributed by atoms with Crippen LogP contribution in [0.2, 0.25) is 0 Å². The van der Waals surface area contributed by atoms with E-state index in [4.69, 9.17) is 4.74 Å². The molecule has 1 amide bonds. The summed E-state index contributed by atoms with van der Waals surface area (Å²) in [6.45, 7) is 4.26. The number of hydrogen-bond donors (Lipinski definition) is 2. The van der Waals surface area contributed by atoms with Crippen molar-refractivity contribution in [2.24, 2.45) is 0 Å². The molecular formula is C18H22N2O2. The Hall–Kier alpha value is -2.33. The van der Waals surface area contributed by atoms with Gasteiger partial charge in [-0.3, -0.25) is 4.79 Å². The minimum Gasteiger partial charge on any atom is -0.495 e. The third-order valence-electron chi connectivity index (χ3n) is 3.50. The molecule has 2 N–H and O–H groups in total. The van der Waals surface area contributed by atoms with Crippen LogP contribution in [0.15, 0.2) is 48.5 Å². The van der Waals surface area contributed by atoms with Crippen LogP contribution in [-0.4, -0.2) is 19.6 Å². The van der Waals surface area contributed by atoms with Crippen molar-refractivity contribution in [3.8, 4) is 5.75 Å². The lowest BCUT2D eigenvalue weighted by atomic mass is 10.1. The molecule has 0 aliphatic carbocycles. The fourth-order valence-corrected chi connectivity index (χ4v) is 2.22. The molecule has 0 saturated heterocycles. The second-order valence-corrected chi connectivity index (χ2v) is 5.27. The highest BCUT2D eigenvalue weighted by molar-refractivity contribution is 5.93. The van der Waals surface area contributed by atoms with E-state index in [1.54, 1.807) is 7.11 Å². The molecule has 2 aromatic carbocycles. The van der Waals surface area contributed by atoms with Crippen LogP contribution in [0.4, 0.5) is 5.69 Å². The predicted octanol–water partition coefficient (Wildman–Crippen LogP) is 3.29. The lowest BCUT2D eigenvalue weighted by molar-refractivity contribution is -0.115. The summed E-state index contributed by atoms with van der Waals surface area (Å²) < 4.78 is 5.26. The fourth-order valence-electron chi connectivity index (χ4n) is 2.22. The highest BCUT2D eigenvalue weighted by atomic mass is 16.5. The second kappa shape index (κ2) is 7.61. The zero-order chi connectivity index (χ0) is 15.9. The van der Waals surface area contributed by atoms with Gasteiger partial charge in [-0.15, -0.1) is 0 Å². The zero-order valence-corrected chi connectivity index (χ0v) is 13.2. The average Bonchev–Trinajstić information content (AvgIpc) is 2.53. The number of carbonyl (C=O) groups excluding carboxylic acids is 1. The Morgan fingerprint density at radius 3 is 2.59 bits per heavy atom. The zero-order valence-electron chi connectivity index (χ0n) is 13.2. The largest absolute Gasteiger partial charge is 0.495 e. The molecule has 0 unspecified atom stereocenters. The number of ether oxygens (including phenoxy) is 1. The van der Waals surface area contributed by atoms with Gasteiger partial charge >= 0.3 is 0 Å². The molecule has 0 aromatic heterocycles. The van der Waals surface area contributed by atoms with Gasteiger partial charge in [0.25, 0.3) is 0 Å². The van der Waals surface area contributed by atoms with Gasteiger partial charge in [-0.25, -0.2) is 0 Å². The van der Waals surface area contributed by atoms with Gasteiger partial charge < -0.3 is 15.4 Å². The van der Waals surface area contributed by atoms with E-state index in [1.807, 2.05) is 62.4 Å². The summed E-state index contributed by atoms with van der Waals surface area (Å²) in [4.78, 5) is 12.1. The molecule has 0 heterocycles. The van der Waals surface area contributed by atoms with Crippen LogP contribution in [0, 0.1) is 6.92 Å². The van der Waals surface area contributed by atoms with E-state index < -0.39 is 0 Å². The lowest BCUT2D eigenvalue weighted by Crippen LogP contribution is -2.30. The van der Waals surface area contributed by atoms with Crippen LogP contribution in [-0.2, 0) is 4.79 Å². The van der Waals surface area contributed by atoms with Gasteiger partial charge in [-0.05, 0) is 37.1 Å². The van der Waals surface area contributed by atoms with Crippen molar-refractivity contribution < 1.29 is 9.53 Å².